The maximum atomic E-state index is 12.7. The van der Waals surface area contributed by atoms with Crippen LogP contribution in [0.3, 0.4) is 0 Å². The van der Waals surface area contributed by atoms with Crippen molar-refractivity contribution in [2.45, 2.75) is 26.5 Å². The molecule has 0 spiro atoms. The number of aromatic nitrogens is 2. The molecule has 0 radical (unpaired) electrons. The van der Waals surface area contributed by atoms with Crippen LogP contribution in [0.15, 0.2) is 60.9 Å². The third-order valence-corrected chi connectivity index (χ3v) is 3.94. The maximum absolute atomic E-state index is 12.7. The molecule has 0 aliphatic heterocycles. The summed E-state index contributed by atoms with van der Waals surface area (Å²) < 4.78 is 7.75. The molecular weight excluding hydrogens is 302 g/mol. The van der Waals surface area contributed by atoms with E-state index in [0.717, 1.165) is 11.3 Å². The number of hydrogen-bond donors (Lipinski definition) is 0. The van der Waals surface area contributed by atoms with Crippen molar-refractivity contribution in [3.05, 3.63) is 66.6 Å². The summed E-state index contributed by atoms with van der Waals surface area (Å²) in [6.45, 7) is 4.87. The number of benzene rings is 1. The van der Waals surface area contributed by atoms with Crippen LogP contribution < -0.4 is 4.74 Å². The molecule has 0 aliphatic rings. The maximum Gasteiger partial charge on any atom is 0.263 e. The Balaban J connectivity index is 1.72. The molecule has 0 saturated carbocycles. The predicted octanol–water partition coefficient (Wildman–Crippen LogP) is 3.15. The first-order chi connectivity index (χ1) is 11.7. The van der Waals surface area contributed by atoms with E-state index in [2.05, 4.69) is 4.98 Å². The molecule has 2 aromatic heterocycles. The molecule has 2 heterocycles. The number of para-hydroxylation sites is 1. The van der Waals surface area contributed by atoms with Crippen molar-refractivity contribution in [2.24, 2.45) is 0 Å². The average molecular weight is 323 g/mol. The molecular formula is C19H21N3O2. The van der Waals surface area contributed by atoms with Gasteiger partial charge >= 0.3 is 0 Å². The second-order valence-corrected chi connectivity index (χ2v) is 5.60. The molecule has 5 nitrogen and oxygen atoms in total. The Kier molecular flexibility index (Phi) is 4.79. The fraction of sp³-hybridized carbons (Fsp3) is 0.263. The van der Waals surface area contributed by atoms with Gasteiger partial charge in [0.2, 0.25) is 0 Å². The standard InChI is InChI=1S/C19H21N3O2/c1-3-21(14-16-13-20-18-11-7-8-12-22(16)18)19(23)15(2)24-17-9-5-4-6-10-17/h4-13,15H,3,14H2,1-2H3. The van der Waals surface area contributed by atoms with Crippen molar-refractivity contribution in [2.75, 3.05) is 6.54 Å². The van der Waals surface area contributed by atoms with E-state index in [4.69, 9.17) is 4.74 Å². The van der Waals surface area contributed by atoms with Gasteiger partial charge < -0.3 is 14.0 Å². The number of amides is 1. The van der Waals surface area contributed by atoms with Crippen molar-refractivity contribution in [1.29, 1.82) is 0 Å². The van der Waals surface area contributed by atoms with Crippen molar-refractivity contribution in [3.8, 4) is 5.75 Å². The van der Waals surface area contributed by atoms with E-state index in [-0.39, 0.29) is 5.91 Å². The van der Waals surface area contributed by atoms with Gasteiger partial charge in [0.25, 0.3) is 5.91 Å². The predicted molar refractivity (Wildman–Crippen MR) is 92.8 cm³/mol. The number of pyridine rings is 1. The molecule has 24 heavy (non-hydrogen) atoms. The molecule has 3 aromatic rings. The van der Waals surface area contributed by atoms with Gasteiger partial charge in [-0.25, -0.2) is 4.98 Å². The highest BCUT2D eigenvalue weighted by Gasteiger charge is 2.22. The van der Waals surface area contributed by atoms with Crippen molar-refractivity contribution < 1.29 is 9.53 Å². The zero-order valence-electron chi connectivity index (χ0n) is 13.9. The van der Waals surface area contributed by atoms with Gasteiger partial charge in [0, 0.05) is 12.7 Å². The second-order valence-electron chi connectivity index (χ2n) is 5.60. The van der Waals surface area contributed by atoms with Crippen LogP contribution in [0, 0.1) is 0 Å². The Morgan fingerprint density at radius 3 is 2.71 bits per heavy atom. The number of rotatable bonds is 6. The number of likely N-dealkylation sites (N-methyl/N-ethyl adjacent to an activating group) is 1. The minimum absolute atomic E-state index is 0.0350. The Bertz CT molecular complexity index is 814. The lowest BCUT2D eigenvalue weighted by Gasteiger charge is -2.24. The second kappa shape index (κ2) is 7.17. The summed E-state index contributed by atoms with van der Waals surface area (Å²) in [5, 5.41) is 0. The summed E-state index contributed by atoms with van der Waals surface area (Å²) >= 11 is 0. The highest BCUT2D eigenvalue weighted by molar-refractivity contribution is 5.80. The van der Waals surface area contributed by atoms with Crippen LogP contribution in [0.1, 0.15) is 19.5 Å². The largest absolute Gasteiger partial charge is 0.481 e. The minimum atomic E-state index is -0.536. The normalized spacial score (nSPS) is 12.1. The summed E-state index contributed by atoms with van der Waals surface area (Å²) in [7, 11) is 0. The first-order valence-electron chi connectivity index (χ1n) is 8.10. The van der Waals surface area contributed by atoms with Gasteiger partial charge in [-0.2, -0.15) is 0 Å². The fourth-order valence-corrected chi connectivity index (χ4v) is 2.65. The molecule has 124 valence electrons. The van der Waals surface area contributed by atoms with E-state index in [1.807, 2.05) is 72.2 Å². The zero-order chi connectivity index (χ0) is 16.9. The zero-order valence-corrected chi connectivity index (χ0v) is 13.9. The number of carbonyl (C=O) groups excluding carboxylic acids is 1. The number of hydrogen-bond acceptors (Lipinski definition) is 3. The van der Waals surface area contributed by atoms with Crippen LogP contribution in [-0.4, -0.2) is 32.8 Å². The molecule has 1 amide bonds. The molecule has 5 heteroatoms. The summed E-state index contributed by atoms with van der Waals surface area (Å²) in [6.07, 6.45) is 3.24. The van der Waals surface area contributed by atoms with E-state index in [1.54, 1.807) is 11.8 Å². The molecule has 1 atom stereocenters. The van der Waals surface area contributed by atoms with Gasteiger partial charge in [-0.05, 0) is 38.1 Å². The van der Waals surface area contributed by atoms with Crippen molar-refractivity contribution in [3.63, 3.8) is 0 Å². The van der Waals surface area contributed by atoms with Crippen LogP contribution >= 0.6 is 0 Å². The van der Waals surface area contributed by atoms with Gasteiger partial charge in [0.1, 0.15) is 11.4 Å². The van der Waals surface area contributed by atoms with Crippen molar-refractivity contribution >= 4 is 11.6 Å². The fourth-order valence-electron chi connectivity index (χ4n) is 2.65. The number of nitrogens with zero attached hydrogens (tertiary/aromatic N) is 3. The lowest BCUT2D eigenvalue weighted by Crippen LogP contribution is -2.40. The molecule has 3 rings (SSSR count). The molecule has 1 aromatic carbocycles. The Morgan fingerprint density at radius 1 is 1.21 bits per heavy atom. The van der Waals surface area contributed by atoms with E-state index in [1.165, 1.54) is 0 Å². The highest BCUT2D eigenvalue weighted by atomic mass is 16.5. The molecule has 0 bridgehead atoms. The van der Waals surface area contributed by atoms with Gasteiger partial charge in [0.05, 0.1) is 18.4 Å². The average Bonchev–Trinajstić information content (AvgIpc) is 3.03. The first kappa shape index (κ1) is 16.1. The van der Waals surface area contributed by atoms with Crippen LogP contribution in [0.5, 0.6) is 5.75 Å². The number of carbonyl (C=O) groups is 1. The van der Waals surface area contributed by atoms with E-state index < -0.39 is 6.10 Å². The molecule has 0 N–H and O–H groups in total. The Labute approximate surface area is 141 Å². The number of imidazole rings is 1. The van der Waals surface area contributed by atoms with Crippen LogP contribution in [0.4, 0.5) is 0 Å². The van der Waals surface area contributed by atoms with Crippen molar-refractivity contribution in [1.82, 2.24) is 14.3 Å². The van der Waals surface area contributed by atoms with E-state index in [0.29, 0.717) is 18.8 Å². The van der Waals surface area contributed by atoms with E-state index in [9.17, 15) is 4.79 Å². The summed E-state index contributed by atoms with van der Waals surface area (Å²) in [5.41, 5.74) is 1.86. The first-order valence-corrected chi connectivity index (χ1v) is 8.10. The number of fused-ring (bicyclic) bond motifs is 1. The Morgan fingerprint density at radius 2 is 1.96 bits per heavy atom. The van der Waals surface area contributed by atoms with Crippen LogP contribution in [-0.2, 0) is 11.3 Å². The SMILES string of the molecule is CCN(Cc1cnc2ccccn12)C(=O)C(C)Oc1ccccc1. The third-order valence-electron chi connectivity index (χ3n) is 3.94. The molecule has 0 aliphatic carbocycles. The summed E-state index contributed by atoms with van der Waals surface area (Å²) in [6, 6.07) is 15.3. The van der Waals surface area contributed by atoms with Crippen LogP contribution in [0.25, 0.3) is 5.65 Å². The van der Waals surface area contributed by atoms with Gasteiger partial charge in [-0.15, -0.1) is 0 Å². The summed E-state index contributed by atoms with van der Waals surface area (Å²) in [5.74, 6) is 0.663. The highest BCUT2D eigenvalue weighted by Crippen LogP contribution is 2.14. The number of ether oxygens (including phenoxy) is 1. The monoisotopic (exact) mass is 323 g/mol. The lowest BCUT2D eigenvalue weighted by atomic mass is 10.3. The molecule has 0 saturated heterocycles. The van der Waals surface area contributed by atoms with Gasteiger partial charge in [-0.3, -0.25) is 4.79 Å². The quantitative estimate of drug-likeness (QED) is 0.700. The topological polar surface area (TPSA) is 46.8 Å². The van der Waals surface area contributed by atoms with Gasteiger partial charge in [0.15, 0.2) is 6.10 Å². The summed E-state index contributed by atoms with van der Waals surface area (Å²) in [4.78, 5) is 18.9. The Hall–Kier alpha value is -2.82. The van der Waals surface area contributed by atoms with Crippen LogP contribution in [0.2, 0.25) is 0 Å². The lowest BCUT2D eigenvalue weighted by molar-refractivity contribution is -0.138. The molecule has 0 fully saturated rings. The smallest absolute Gasteiger partial charge is 0.263 e. The van der Waals surface area contributed by atoms with E-state index >= 15 is 0 Å². The minimum Gasteiger partial charge on any atom is -0.481 e. The van der Waals surface area contributed by atoms with Gasteiger partial charge in [-0.1, -0.05) is 24.3 Å². The third kappa shape index (κ3) is 3.40. The molecule has 1 unspecified atom stereocenters.